The first-order chi connectivity index (χ1) is 16.7. The molecule has 34 heavy (non-hydrogen) atoms. The van der Waals surface area contributed by atoms with E-state index in [0.717, 1.165) is 25.9 Å². The van der Waals surface area contributed by atoms with E-state index in [9.17, 15) is 5.11 Å². The van der Waals surface area contributed by atoms with Gasteiger partial charge in [-0.1, -0.05) is 151 Å². The number of aliphatic hydroxyl groups excluding tert-OH is 1. The Bertz CT molecular complexity index is 660. The fourth-order valence-electron chi connectivity index (χ4n) is 4.84. The average Bonchev–Trinajstić information content (AvgIpc) is 2.87. The molecule has 0 bridgehead atoms. The van der Waals surface area contributed by atoms with Crippen LogP contribution in [0.1, 0.15) is 115 Å². The van der Waals surface area contributed by atoms with Crippen LogP contribution >= 0.6 is 0 Å². The van der Waals surface area contributed by atoms with E-state index in [-0.39, 0.29) is 12.1 Å². The van der Waals surface area contributed by atoms with Gasteiger partial charge in [0.2, 0.25) is 0 Å². The number of unbranched alkanes of at least 4 members (excludes halogenated alkanes) is 12. The number of nitrogens with zero attached hydrogens (tertiary/aromatic N) is 1. The van der Waals surface area contributed by atoms with Crippen LogP contribution in [0.15, 0.2) is 60.7 Å². The lowest BCUT2D eigenvalue weighted by Gasteiger charge is -2.32. The van der Waals surface area contributed by atoms with Crippen LogP contribution < -0.4 is 0 Å². The van der Waals surface area contributed by atoms with Crippen molar-refractivity contribution in [1.82, 2.24) is 4.90 Å². The molecule has 0 fully saturated rings. The number of hydrogen-bond acceptors (Lipinski definition) is 2. The molecule has 1 N–H and O–H groups in total. The summed E-state index contributed by atoms with van der Waals surface area (Å²) >= 11 is 0. The highest BCUT2D eigenvalue weighted by atomic mass is 16.3. The Labute approximate surface area is 210 Å². The summed E-state index contributed by atoms with van der Waals surface area (Å²) in [6.45, 7) is 6.21. The van der Waals surface area contributed by atoms with Gasteiger partial charge in [-0.2, -0.15) is 0 Å². The molecule has 190 valence electrons. The van der Waals surface area contributed by atoms with Gasteiger partial charge in [0.25, 0.3) is 0 Å². The van der Waals surface area contributed by atoms with E-state index in [1.165, 1.54) is 88.2 Å². The van der Waals surface area contributed by atoms with Gasteiger partial charge in [0.1, 0.15) is 0 Å². The van der Waals surface area contributed by atoms with Gasteiger partial charge in [0.15, 0.2) is 0 Å². The fraction of sp³-hybridized carbons (Fsp3) is 0.625. The molecule has 0 aliphatic carbocycles. The van der Waals surface area contributed by atoms with Gasteiger partial charge in [-0.15, -0.1) is 0 Å². The summed E-state index contributed by atoms with van der Waals surface area (Å²) in [5.74, 6) is 0. The average molecular weight is 466 g/mol. The molecule has 2 heteroatoms. The molecule has 2 aromatic carbocycles. The van der Waals surface area contributed by atoms with E-state index in [4.69, 9.17) is 0 Å². The van der Waals surface area contributed by atoms with Crippen molar-refractivity contribution in [1.29, 1.82) is 0 Å². The van der Waals surface area contributed by atoms with Crippen LogP contribution in [0.25, 0.3) is 0 Å². The molecular formula is C32H51NO. The summed E-state index contributed by atoms with van der Waals surface area (Å²) in [5, 5.41) is 11.0. The monoisotopic (exact) mass is 465 g/mol. The summed E-state index contributed by atoms with van der Waals surface area (Å²) in [7, 11) is 0. The second-order valence-electron chi connectivity index (χ2n) is 10.2. The van der Waals surface area contributed by atoms with Crippen molar-refractivity contribution in [3.8, 4) is 0 Å². The van der Waals surface area contributed by atoms with Crippen molar-refractivity contribution in [3.05, 3.63) is 71.8 Å². The molecule has 0 spiro atoms. The third kappa shape index (κ3) is 12.7. The Morgan fingerprint density at radius 2 is 0.971 bits per heavy atom. The van der Waals surface area contributed by atoms with Crippen LogP contribution in [-0.2, 0) is 13.1 Å². The second kappa shape index (κ2) is 18.7. The predicted octanol–water partition coefficient (Wildman–Crippen LogP) is 8.92. The third-order valence-electron chi connectivity index (χ3n) is 7.19. The maximum absolute atomic E-state index is 11.0. The minimum absolute atomic E-state index is 0.137. The van der Waals surface area contributed by atoms with Crippen molar-refractivity contribution in [2.24, 2.45) is 0 Å². The molecule has 0 unspecified atom stereocenters. The molecule has 2 atom stereocenters. The summed E-state index contributed by atoms with van der Waals surface area (Å²) in [6, 6.07) is 21.4. The first-order valence-corrected chi connectivity index (χ1v) is 14.2. The topological polar surface area (TPSA) is 23.5 Å². The molecule has 0 saturated carbocycles. The normalized spacial score (nSPS) is 13.3. The Morgan fingerprint density at radius 1 is 0.588 bits per heavy atom. The number of aliphatic hydroxyl groups is 1. The lowest BCUT2D eigenvalue weighted by Crippen LogP contribution is -2.40. The van der Waals surface area contributed by atoms with E-state index in [1.54, 1.807) is 0 Å². The highest BCUT2D eigenvalue weighted by Crippen LogP contribution is 2.19. The van der Waals surface area contributed by atoms with E-state index in [1.807, 2.05) is 0 Å². The van der Waals surface area contributed by atoms with Crippen LogP contribution in [0.5, 0.6) is 0 Å². The van der Waals surface area contributed by atoms with Crippen molar-refractivity contribution < 1.29 is 5.11 Å². The first-order valence-electron chi connectivity index (χ1n) is 14.2. The number of benzene rings is 2. The first kappa shape index (κ1) is 28.6. The molecule has 2 rings (SSSR count). The van der Waals surface area contributed by atoms with Crippen molar-refractivity contribution in [2.75, 3.05) is 0 Å². The van der Waals surface area contributed by atoms with Crippen LogP contribution in [0.4, 0.5) is 0 Å². The molecule has 0 heterocycles. The molecule has 0 aliphatic rings. The van der Waals surface area contributed by atoms with Crippen LogP contribution in [0.3, 0.4) is 0 Å². The van der Waals surface area contributed by atoms with Gasteiger partial charge in [-0.3, -0.25) is 4.90 Å². The molecule has 0 radical (unpaired) electrons. The van der Waals surface area contributed by atoms with Crippen molar-refractivity contribution in [3.63, 3.8) is 0 Å². The summed E-state index contributed by atoms with van der Waals surface area (Å²) < 4.78 is 0. The van der Waals surface area contributed by atoms with Gasteiger partial charge < -0.3 is 5.11 Å². The Morgan fingerprint density at radius 3 is 1.38 bits per heavy atom. The van der Waals surface area contributed by atoms with Gasteiger partial charge in [0.05, 0.1) is 6.10 Å². The van der Waals surface area contributed by atoms with E-state index in [0.29, 0.717) is 0 Å². The Balaban J connectivity index is 1.63. The smallest absolute Gasteiger partial charge is 0.0693 e. The standard InChI is InChI=1S/C32H51NO/c1-3-4-5-6-7-8-9-10-11-12-13-14-21-26-32(34)29(2)33(27-30-22-17-15-18-23-30)28-31-24-19-16-20-25-31/h15-20,22-25,29,32,34H,3-14,21,26-28H2,1-2H3/t29-,32+/m0/s1. The van der Waals surface area contributed by atoms with Crippen LogP contribution in [-0.4, -0.2) is 22.2 Å². The zero-order chi connectivity index (χ0) is 24.3. The summed E-state index contributed by atoms with van der Waals surface area (Å²) in [4.78, 5) is 2.43. The molecule has 0 aromatic heterocycles. The Hall–Kier alpha value is -1.64. The molecular weight excluding hydrogens is 414 g/mol. The molecule has 0 amide bonds. The van der Waals surface area contributed by atoms with Crippen molar-refractivity contribution >= 4 is 0 Å². The largest absolute Gasteiger partial charge is 0.392 e. The molecule has 2 nitrogen and oxygen atoms in total. The second-order valence-corrected chi connectivity index (χ2v) is 10.2. The minimum Gasteiger partial charge on any atom is -0.392 e. The minimum atomic E-state index is -0.278. The van der Waals surface area contributed by atoms with E-state index >= 15 is 0 Å². The van der Waals surface area contributed by atoms with Gasteiger partial charge in [-0.05, 0) is 24.5 Å². The molecule has 0 aliphatic heterocycles. The highest BCUT2D eigenvalue weighted by Gasteiger charge is 2.22. The number of hydrogen-bond donors (Lipinski definition) is 1. The van der Waals surface area contributed by atoms with Gasteiger partial charge in [0, 0.05) is 19.1 Å². The summed E-state index contributed by atoms with van der Waals surface area (Å²) in [5.41, 5.74) is 2.61. The van der Waals surface area contributed by atoms with E-state index in [2.05, 4.69) is 79.4 Å². The lowest BCUT2D eigenvalue weighted by atomic mass is 10.0. The van der Waals surface area contributed by atoms with Gasteiger partial charge in [-0.25, -0.2) is 0 Å². The fourth-order valence-corrected chi connectivity index (χ4v) is 4.84. The SMILES string of the molecule is CCCCCCCCCCCCCCC[C@@H](O)[C@H](C)N(Cc1ccccc1)Cc1ccccc1. The lowest BCUT2D eigenvalue weighted by molar-refractivity contribution is 0.0421. The molecule has 2 aromatic rings. The van der Waals surface area contributed by atoms with E-state index < -0.39 is 0 Å². The zero-order valence-electron chi connectivity index (χ0n) is 22.1. The summed E-state index contributed by atoms with van der Waals surface area (Å²) in [6.07, 6.45) is 18.4. The predicted molar refractivity (Wildman–Crippen MR) is 148 cm³/mol. The van der Waals surface area contributed by atoms with Crippen LogP contribution in [0, 0.1) is 0 Å². The zero-order valence-corrected chi connectivity index (χ0v) is 22.1. The molecule has 0 saturated heterocycles. The maximum Gasteiger partial charge on any atom is 0.0693 e. The highest BCUT2D eigenvalue weighted by molar-refractivity contribution is 5.17. The third-order valence-corrected chi connectivity index (χ3v) is 7.19. The Kier molecular flexibility index (Phi) is 15.7. The van der Waals surface area contributed by atoms with Gasteiger partial charge >= 0.3 is 0 Å². The maximum atomic E-state index is 11.0. The number of rotatable bonds is 20. The quantitative estimate of drug-likeness (QED) is 0.197. The van der Waals surface area contributed by atoms with Crippen LogP contribution in [0.2, 0.25) is 0 Å². The van der Waals surface area contributed by atoms with Crippen molar-refractivity contribution in [2.45, 2.75) is 129 Å².